The summed E-state index contributed by atoms with van der Waals surface area (Å²) in [6.07, 6.45) is 10.4. The number of aliphatic hydroxyl groups excluding tert-OH is 1. The number of carbonyl (C=O) groups is 2. The number of halogens is 1. The van der Waals surface area contributed by atoms with Gasteiger partial charge < -0.3 is 20.0 Å². The molecule has 0 saturated heterocycles. The Hall–Kier alpha value is -2.64. The molecule has 2 N–H and O–H groups in total. The number of esters is 1. The van der Waals surface area contributed by atoms with Crippen LogP contribution in [0.1, 0.15) is 46.3 Å². The Balaban J connectivity index is 2.36. The number of benzene rings is 1. The Labute approximate surface area is 187 Å². The summed E-state index contributed by atoms with van der Waals surface area (Å²) in [6.45, 7) is 3.74. The van der Waals surface area contributed by atoms with E-state index in [0.29, 0.717) is 34.9 Å². The molecule has 0 atom stereocenters. The van der Waals surface area contributed by atoms with Crippen LogP contribution in [0.15, 0.2) is 35.5 Å². The maximum absolute atomic E-state index is 12.8. The summed E-state index contributed by atoms with van der Waals surface area (Å²) in [7, 11) is 0. The molecule has 0 bridgehead atoms. The van der Waals surface area contributed by atoms with Gasteiger partial charge in [-0.25, -0.2) is 4.79 Å². The molecule has 168 valence electrons. The summed E-state index contributed by atoms with van der Waals surface area (Å²) >= 11 is 6.58. The van der Waals surface area contributed by atoms with Crippen LogP contribution < -0.4 is 5.32 Å². The number of nitrogens with zero attached hydrogens (tertiary/aromatic N) is 1. The van der Waals surface area contributed by atoms with Gasteiger partial charge in [0.2, 0.25) is 0 Å². The Morgan fingerprint density at radius 1 is 1.23 bits per heavy atom. The van der Waals surface area contributed by atoms with E-state index in [9.17, 15) is 9.59 Å². The van der Waals surface area contributed by atoms with Crippen LogP contribution in [0, 0.1) is 13.8 Å². The molecule has 0 unspecified atom stereocenters. The van der Waals surface area contributed by atoms with Crippen LogP contribution >= 0.6 is 11.6 Å². The number of aryl methyl sites for hydroxylation is 2. The molecule has 1 heterocycles. The van der Waals surface area contributed by atoms with Crippen molar-refractivity contribution in [2.45, 2.75) is 39.5 Å². The molecular formula is C23H29ClN2O5. The highest BCUT2D eigenvalue weighted by Crippen LogP contribution is 2.29. The zero-order chi connectivity index (χ0) is 22.6. The third kappa shape index (κ3) is 7.84. The van der Waals surface area contributed by atoms with E-state index < -0.39 is 5.97 Å². The van der Waals surface area contributed by atoms with Crippen molar-refractivity contribution in [2.24, 2.45) is 5.16 Å². The lowest BCUT2D eigenvalue weighted by atomic mass is 9.94. The fraction of sp³-hybridized carbons (Fsp3) is 0.435. The van der Waals surface area contributed by atoms with Gasteiger partial charge in [-0.2, -0.15) is 0 Å². The van der Waals surface area contributed by atoms with Gasteiger partial charge in [-0.3, -0.25) is 4.79 Å². The molecule has 1 aromatic carbocycles. The molecule has 1 aliphatic heterocycles. The molecule has 31 heavy (non-hydrogen) atoms. The van der Waals surface area contributed by atoms with Gasteiger partial charge in [0.05, 0.1) is 24.5 Å². The third-order valence-corrected chi connectivity index (χ3v) is 5.13. The summed E-state index contributed by atoms with van der Waals surface area (Å²) in [5, 5.41) is 15.8. The number of cyclic esters (lactones) is 1. The molecule has 0 aromatic heterocycles. The van der Waals surface area contributed by atoms with E-state index in [4.69, 9.17) is 26.3 Å². The minimum atomic E-state index is -0.424. The van der Waals surface area contributed by atoms with Gasteiger partial charge in [-0.1, -0.05) is 41.1 Å². The third-order valence-electron chi connectivity index (χ3n) is 4.61. The van der Waals surface area contributed by atoms with Crippen LogP contribution in [0.2, 0.25) is 5.02 Å². The number of nitrogens with one attached hydrogen (secondary N) is 1. The number of ether oxygens (including phenoxy) is 1. The highest BCUT2D eigenvalue weighted by molar-refractivity contribution is 6.33. The van der Waals surface area contributed by atoms with E-state index in [1.807, 2.05) is 44.2 Å². The molecule has 1 aliphatic rings. The lowest BCUT2D eigenvalue weighted by Crippen LogP contribution is -2.29. The Morgan fingerprint density at radius 2 is 1.97 bits per heavy atom. The number of carbonyl (C=O) groups excluding carboxylic acids is 2. The largest absolute Gasteiger partial charge is 0.462 e. The van der Waals surface area contributed by atoms with Crippen LogP contribution in [0.4, 0.5) is 0 Å². The fourth-order valence-corrected chi connectivity index (χ4v) is 3.37. The number of hydrogen-bond acceptors (Lipinski definition) is 6. The molecule has 0 aliphatic carbocycles. The predicted molar refractivity (Wildman–Crippen MR) is 121 cm³/mol. The Bertz CT molecular complexity index is 877. The van der Waals surface area contributed by atoms with Crippen LogP contribution in [-0.2, 0) is 20.8 Å². The maximum atomic E-state index is 12.8. The number of rotatable bonds is 5. The summed E-state index contributed by atoms with van der Waals surface area (Å²) in [5.41, 5.74) is 3.20. The van der Waals surface area contributed by atoms with Gasteiger partial charge in [-0.05, 0) is 55.9 Å². The number of amides is 1. The van der Waals surface area contributed by atoms with Crippen LogP contribution in [0.25, 0.3) is 0 Å². The topological polar surface area (TPSA) is 97.2 Å². The molecule has 0 spiro atoms. The van der Waals surface area contributed by atoms with Gasteiger partial charge in [0, 0.05) is 18.0 Å². The first-order valence-corrected chi connectivity index (χ1v) is 10.7. The second-order valence-electron chi connectivity index (χ2n) is 7.16. The average Bonchev–Trinajstić information content (AvgIpc) is 2.73. The van der Waals surface area contributed by atoms with Gasteiger partial charge in [0.25, 0.3) is 5.91 Å². The average molecular weight is 449 g/mol. The van der Waals surface area contributed by atoms with Crippen molar-refractivity contribution in [3.63, 3.8) is 0 Å². The molecular weight excluding hydrogens is 420 g/mol. The first kappa shape index (κ1) is 24.6. The molecule has 8 heteroatoms. The minimum absolute atomic E-state index is 0.149. The van der Waals surface area contributed by atoms with Crippen LogP contribution in [0.5, 0.6) is 0 Å². The second kappa shape index (κ2) is 12.9. The summed E-state index contributed by atoms with van der Waals surface area (Å²) in [4.78, 5) is 29.7. The van der Waals surface area contributed by atoms with E-state index >= 15 is 0 Å². The molecule has 7 nitrogen and oxygen atoms in total. The van der Waals surface area contributed by atoms with Gasteiger partial charge in [0.15, 0.2) is 6.61 Å². The van der Waals surface area contributed by atoms with E-state index in [0.717, 1.165) is 24.0 Å². The predicted octanol–water partition coefficient (Wildman–Crippen LogP) is 3.43. The van der Waals surface area contributed by atoms with Crippen LogP contribution in [0.3, 0.4) is 0 Å². The number of oxime groups is 1. The Kier molecular flexibility index (Phi) is 10.3. The monoisotopic (exact) mass is 448 g/mol. The first-order valence-electron chi connectivity index (χ1n) is 10.3. The fourth-order valence-electron chi connectivity index (χ4n) is 3.16. The van der Waals surface area contributed by atoms with E-state index in [1.54, 1.807) is 0 Å². The summed E-state index contributed by atoms with van der Waals surface area (Å²) in [6, 6.07) is 1.86. The van der Waals surface area contributed by atoms with Crippen LogP contribution in [-0.4, -0.2) is 49.1 Å². The van der Waals surface area contributed by atoms with Crippen molar-refractivity contribution in [1.82, 2.24) is 5.32 Å². The van der Waals surface area contributed by atoms with Crippen molar-refractivity contribution in [3.8, 4) is 0 Å². The highest BCUT2D eigenvalue weighted by atomic mass is 35.5. The normalized spacial score (nSPS) is 18.5. The van der Waals surface area contributed by atoms with E-state index in [1.165, 1.54) is 0 Å². The summed E-state index contributed by atoms with van der Waals surface area (Å²) in [5.74, 6) is -0.811. The number of hydrogen-bond donors (Lipinski definition) is 2. The number of allylic oxidation sites excluding steroid dienone is 3. The zero-order valence-electron chi connectivity index (χ0n) is 17.9. The van der Waals surface area contributed by atoms with Gasteiger partial charge in [0.1, 0.15) is 0 Å². The smallest absolute Gasteiger partial charge is 0.338 e. The Morgan fingerprint density at radius 3 is 2.74 bits per heavy atom. The van der Waals surface area contributed by atoms with Crippen molar-refractivity contribution >= 4 is 29.2 Å². The summed E-state index contributed by atoms with van der Waals surface area (Å²) < 4.78 is 5.46. The van der Waals surface area contributed by atoms with Crippen molar-refractivity contribution in [2.75, 3.05) is 26.4 Å². The molecule has 0 radical (unpaired) electrons. The second-order valence-corrected chi connectivity index (χ2v) is 7.54. The highest BCUT2D eigenvalue weighted by Gasteiger charge is 2.21. The lowest BCUT2D eigenvalue weighted by molar-refractivity contribution is -0.125. The lowest BCUT2D eigenvalue weighted by Gasteiger charge is -2.16. The minimum Gasteiger partial charge on any atom is -0.462 e. The molecule has 0 saturated carbocycles. The van der Waals surface area contributed by atoms with E-state index in [-0.39, 0.29) is 32.1 Å². The molecule has 2 rings (SSSR count). The quantitative estimate of drug-likeness (QED) is 0.408. The zero-order valence-corrected chi connectivity index (χ0v) is 18.7. The van der Waals surface area contributed by atoms with Gasteiger partial charge in [-0.15, -0.1) is 0 Å². The standard InChI is InChI=1S/C23H29ClN2O5/c1-16-13-17(2)22(24)19-14-18(26-31-15-20(28)25-10-11-27)9-7-5-3-4-6-8-12-30-23(29)21(16)19/h4,6-7,9,13,27H,3,5,8,10-12,14-15H2,1-2H3,(H,25,28)/b6-4+,9-7+,26-18+. The van der Waals surface area contributed by atoms with Crippen molar-refractivity contribution in [3.05, 3.63) is 57.6 Å². The molecule has 1 amide bonds. The number of fused-ring (bicyclic) bond motifs is 1. The molecule has 1 aromatic rings. The SMILES string of the molecule is Cc1cc(C)c2c(c1Cl)CC(=N/OCC(=O)NCCO)/C=C/CC/C=C/CCOC2=O. The van der Waals surface area contributed by atoms with Crippen molar-refractivity contribution in [1.29, 1.82) is 0 Å². The van der Waals surface area contributed by atoms with Gasteiger partial charge >= 0.3 is 5.97 Å². The van der Waals surface area contributed by atoms with Crippen molar-refractivity contribution < 1.29 is 24.3 Å². The molecule has 0 fully saturated rings. The first-order chi connectivity index (χ1) is 14.9. The maximum Gasteiger partial charge on any atom is 0.338 e. The van der Waals surface area contributed by atoms with E-state index in [2.05, 4.69) is 10.5 Å². The number of aliphatic hydroxyl groups is 1.